The third-order valence-corrected chi connectivity index (χ3v) is 3.12. The zero-order chi connectivity index (χ0) is 10.3. The molecule has 0 unspecified atom stereocenters. The number of β-amino-alcohol motifs (C(OH)–C–C–N with tert-alkyl or cyclic N) is 1. The summed E-state index contributed by atoms with van der Waals surface area (Å²) >= 11 is 0. The molecule has 3 N–H and O–H groups in total. The van der Waals surface area contributed by atoms with Crippen LogP contribution in [0.3, 0.4) is 0 Å². The quantitative estimate of drug-likeness (QED) is 0.622. The minimum Gasteiger partial charge on any atom is -0.395 e. The Morgan fingerprint density at radius 1 is 1.23 bits per heavy atom. The van der Waals surface area contributed by atoms with Gasteiger partial charge in [-0.05, 0) is 19.4 Å². The number of nitrogens with zero attached hydrogens (tertiary/aromatic N) is 1. The number of hydrogen-bond donors (Lipinski definition) is 2. The number of rotatable bonds is 7. The molecule has 3 nitrogen and oxygen atoms in total. The van der Waals surface area contributed by atoms with Crippen LogP contribution >= 0.6 is 0 Å². The first-order chi connectivity index (χ1) is 6.20. The minimum absolute atomic E-state index is 0.0947. The molecule has 0 radical (unpaired) electrons. The van der Waals surface area contributed by atoms with E-state index in [1.807, 2.05) is 0 Å². The van der Waals surface area contributed by atoms with Gasteiger partial charge in [-0.25, -0.2) is 0 Å². The summed E-state index contributed by atoms with van der Waals surface area (Å²) in [6.07, 6.45) is 2.10. The Balaban J connectivity index is 4.45. The fourth-order valence-corrected chi connectivity index (χ4v) is 1.97. The van der Waals surface area contributed by atoms with Crippen molar-refractivity contribution in [2.24, 2.45) is 5.73 Å². The third-order valence-electron chi connectivity index (χ3n) is 3.12. The summed E-state index contributed by atoms with van der Waals surface area (Å²) in [6, 6.07) is 0. The molecular weight excluding hydrogens is 164 g/mol. The van der Waals surface area contributed by atoms with E-state index in [1.54, 1.807) is 0 Å². The summed E-state index contributed by atoms with van der Waals surface area (Å²) in [6.45, 7) is 9.02. The van der Waals surface area contributed by atoms with Gasteiger partial charge in [-0.2, -0.15) is 0 Å². The molecule has 0 rings (SSSR count). The summed E-state index contributed by atoms with van der Waals surface area (Å²) in [4.78, 5) is 2.28. The molecule has 0 aromatic heterocycles. The highest BCUT2D eigenvalue weighted by Crippen LogP contribution is 2.21. The van der Waals surface area contributed by atoms with E-state index in [1.165, 1.54) is 0 Å². The first-order valence-corrected chi connectivity index (χ1v) is 5.26. The number of nitrogens with two attached hydrogens (primary N) is 1. The monoisotopic (exact) mass is 188 g/mol. The third kappa shape index (κ3) is 2.93. The highest BCUT2D eigenvalue weighted by Gasteiger charge is 2.30. The molecule has 0 atom stereocenters. The van der Waals surface area contributed by atoms with E-state index in [9.17, 15) is 0 Å². The molecule has 0 aliphatic carbocycles. The van der Waals surface area contributed by atoms with E-state index in [4.69, 9.17) is 10.8 Å². The average molecular weight is 188 g/mol. The molecule has 0 spiro atoms. The van der Waals surface area contributed by atoms with Crippen LogP contribution in [0.4, 0.5) is 0 Å². The summed E-state index contributed by atoms with van der Waals surface area (Å²) in [7, 11) is 0. The van der Waals surface area contributed by atoms with Gasteiger partial charge in [0.05, 0.1) is 6.61 Å². The zero-order valence-electron chi connectivity index (χ0n) is 9.21. The Bertz CT molecular complexity index is 116. The summed E-state index contributed by atoms with van der Waals surface area (Å²) < 4.78 is 0. The van der Waals surface area contributed by atoms with Crippen LogP contribution < -0.4 is 5.73 Å². The molecule has 0 bridgehead atoms. The molecular formula is C10H24N2O. The predicted octanol–water partition coefficient (Wildman–Crippen LogP) is 0.818. The number of aliphatic hydroxyl groups is 1. The molecule has 0 saturated heterocycles. The molecule has 0 amide bonds. The lowest BCUT2D eigenvalue weighted by Crippen LogP contribution is -2.54. The van der Waals surface area contributed by atoms with E-state index in [2.05, 4.69) is 25.7 Å². The number of aliphatic hydroxyl groups excluding tert-OH is 1. The highest BCUT2D eigenvalue weighted by atomic mass is 16.3. The van der Waals surface area contributed by atoms with Gasteiger partial charge in [0.25, 0.3) is 0 Å². The zero-order valence-corrected chi connectivity index (χ0v) is 9.21. The van der Waals surface area contributed by atoms with Gasteiger partial charge >= 0.3 is 0 Å². The smallest absolute Gasteiger partial charge is 0.0558 e. The maximum Gasteiger partial charge on any atom is 0.0558 e. The van der Waals surface area contributed by atoms with Crippen molar-refractivity contribution in [3.05, 3.63) is 0 Å². The van der Waals surface area contributed by atoms with Gasteiger partial charge in [-0.1, -0.05) is 20.8 Å². The van der Waals surface area contributed by atoms with E-state index in [0.717, 1.165) is 25.9 Å². The maximum atomic E-state index is 8.94. The van der Waals surface area contributed by atoms with Crippen LogP contribution in [0.2, 0.25) is 0 Å². The van der Waals surface area contributed by atoms with Crippen molar-refractivity contribution >= 4 is 0 Å². The highest BCUT2D eigenvalue weighted by molar-refractivity contribution is 4.88. The fraction of sp³-hybridized carbons (Fsp3) is 1.00. The molecule has 0 aliphatic heterocycles. The summed E-state index contributed by atoms with van der Waals surface area (Å²) in [5.41, 5.74) is 5.91. The van der Waals surface area contributed by atoms with Gasteiger partial charge in [0.1, 0.15) is 0 Å². The molecule has 13 heavy (non-hydrogen) atoms. The van der Waals surface area contributed by atoms with Crippen molar-refractivity contribution in [2.45, 2.75) is 39.2 Å². The lowest BCUT2D eigenvalue weighted by molar-refractivity contribution is 0.0703. The number of hydrogen-bond acceptors (Lipinski definition) is 3. The second-order valence-electron chi connectivity index (χ2n) is 3.44. The van der Waals surface area contributed by atoms with Crippen LogP contribution in [0.5, 0.6) is 0 Å². The first-order valence-electron chi connectivity index (χ1n) is 5.26. The van der Waals surface area contributed by atoms with Gasteiger partial charge in [-0.15, -0.1) is 0 Å². The van der Waals surface area contributed by atoms with Gasteiger partial charge in [-0.3, -0.25) is 4.90 Å². The first kappa shape index (κ1) is 12.9. The molecule has 0 heterocycles. The summed E-state index contributed by atoms with van der Waals surface area (Å²) in [5.74, 6) is 0. The van der Waals surface area contributed by atoms with E-state index in [0.29, 0.717) is 6.54 Å². The molecule has 0 aromatic rings. The van der Waals surface area contributed by atoms with Crippen molar-refractivity contribution in [2.75, 3.05) is 26.2 Å². The Kier molecular flexibility index (Phi) is 6.29. The topological polar surface area (TPSA) is 49.5 Å². The summed E-state index contributed by atoms with van der Waals surface area (Å²) in [5, 5.41) is 8.94. The van der Waals surface area contributed by atoms with Crippen molar-refractivity contribution in [1.29, 1.82) is 0 Å². The molecule has 3 heteroatoms. The van der Waals surface area contributed by atoms with Crippen LogP contribution in [0.25, 0.3) is 0 Å². The molecule has 0 aliphatic rings. The van der Waals surface area contributed by atoms with Gasteiger partial charge < -0.3 is 10.8 Å². The van der Waals surface area contributed by atoms with Crippen molar-refractivity contribution in [1.82, 2.24) is 4.90 Å². The predicted molar refractivity (Wildman–Crippen MR) is 56.7 cm³/mol. The van der Waals surface area contributed by atoms with Crippen molar-refractivity contribution < 1.29 is 5.11 Å². The standard InChI is InChI=1S/C10H24N2O/c1-4-10(5-2,9-11)12(6-3)7-8-13/h13H,4-9,11H2,1-3H3. The van der Waals surface area contributed by atoms with Gasteiger partial charge in [0.2, 0.25) is 0 Å². The van der Waals surface area contributed by atoms with Crippen molar-refractivity contribution in [3.8, 4) is 0 Å². The normalized spacial score (nSPS) is 12.5. The molecule has 80 valence electrons. The van der Waals surface area contributed by atoms with Crippen LogP contribution in [-0.2, 0) is 0 Å². The van der Waals surface area contributed by atoms with Crippen LogP contribution in [0.1, 0.15) is 33.6 Å². The minimum atomic E-state index is 0.0947. The van der Waals surface area contributed by atoms with Crippen LogP contribution in [-0.4, -0.2) is 41.8 Å². The second kappa shape index (κ2) is 6.35. The van der Waals surface area contributed by atoms with E-state index in [-0.39, 0.29) is 12.1 Å². The molecule has 0 saturated carbocycles. The Morgan fingerprint density at radius 3 is 2.00 bits per heavy atom. The number of likely N-dealkylation sites (N-methyl/N-ethyl adjacent to an activating group) is 1. The van der Waals surface area contributed by atoms with Crippen LogP contribution in [0, 0.1) is 0 Å². The Labute approximate surface area is 81.9 Å². The Hall–Kier alpha value is -0.120. The van der Waals surface area contributed by atoms with Gasteiger partial charge in [0.15, 0.2) is 0 Å². The SMILES string of the molecule is CCN(CCO)C(CC)(CC)CN. The molecule has 0 fully saturated rings. The Morgan fingerprint density at radius 2 is 1.77 bits per heavy atom. The lowest BCUT2D eigenvalue weighted by atomic mass is 9.90. The average Bonchev–Trinajstić information content (AvgIpc) is 2.19. The second-order valence-corrected chi connectivity index (χ2v) is 3.44. The maximum absolute atomic E-state index is 8.94. The lowest BCUT2D eigenvalue weighted by Gasteiger charge is -2.41. The van der Waals surface area contributed by atoms with E-state index >= 15 is 0 Å². The largest absolute Gasteiger partial charge is 0.395 e. The van der Waals surface area contributed by atoms with Gasteiger partial charge in [0, 0.05) is 18.6 Å². The van der Waals surface area contributed by atoms with Crippen LogP contribution in [0.15, 0.2) is 0 Å². The molecule has 0 aromatic carbocycles. The van der Waals surface area contributed by atoms with E-state index < -0.39 is 0 Å². The van der Waals surface area contributed by atoms with Crippen molar-refractivity contribution in [3.63, 3.8) is 0 Å². The fourth-order valence-electron chi connectivity index (χ4n) is 1.97.